The van der Waals surface area contributed by atoms with E-state index in [4.69, 9.17) is 0 Å². The Bertz CT molecular complexity index is 1290. The molecule has 10 heteroatoms. The fourth-order valence-electron chi connectivity index (χ4n) is 3.22. The van der Waals surface area contributed by atoms with E-state index in [1.54, 1.807) is 62.6 Å². The predicted octanol–water partition coefficient (Wildman–Crippen LogP) is 4.43. The fourth-order valence-corrected chi connectivity index (χ4v) is 3.99. The molecule has 2 aromatic carbocycles. The molecule has 1 unspecified atom stereocenters. The number of hydrogen-bond donors (Lipinski definition) is 1. The first-order chi connectivity index (χ1) is 15.8. The maximum Gasteiger partial charge on any atom is 0.419 e. The van der Waals surface area contributed by atoms with Crippen molar-refractivity contribution >= 4 is 32.9 Å². The van der Waals surface area contributed by atoms with Crippen molar-refractivity contribution in [1.82, 2.24) is 14.9 Å². The average Bonchev–Trinajstić information content (AvgIpc) is 2.76. The quantitative estimate of drug-likeness (QED) is 0.496. The van der Waals surface area contributed by atoms with Gasteiger partial charge in [0.25, 0.3) is 5.91 Å². The van der Waals surface area contributed by atoms with Crippen LogP contribution in [-0.2, 0) is 28.5 Å². The summed E-state index contributed by atoms with van der Waals surface area (Å²) in [4.78, 5) is 21.9. The van der Waals surface area contributed by atoms with E-state index in [9.17, 15) is 22.2 Å². The highest BCUT2D eigenvalue weighted by Crippen LogP contribution is 2.32. The highest BCUT2D eigenvalue weighted by molar-refractivity contribution is 7.99. The van der Waals surface area contributed by atoms with Crippen LogP contribution in [0.1, 0.15) is 27.2 Å². The Balaban J connectivity index is 1.84. The van der Waals surface area contributed by atoms with E-state index in [-0.39, 0.29) is 30.4 Å². The molecule has 0 bridgehead atoms. The number of aromatic nitrogens is 2. The molecule has 34 heavy (non-hydrogen) atoms. The molecule has 0 saturated carbocycles. The Hall–Kier alpha value is -3.40. The summed E-state index contributed by atoms with van der Waals surface area (Å²) in [5.41, 5.74) is 0.685. The summed E-state index contributed by atoms with van der Waals surface area (Å²) in [5, 5.41) is 2.88. The van der Waals surface area contributed by atoms with E-state index in [1.165, 1.54) is 11.2 Å². The van der Waals surface area contributed by atoms with Crippen LogP contribution in [0.4, 0.5) is 24.8 Å². The lowest BCUT2D eigenvalue weighted by atomic mass is 10.1. The smallest absolute Gasteiger partial charge is 0.345 e. The standard InChI is InChI=1S/C24H25F3N4O2S/c1-31(2)22(32)17-9-11-18(12-10-17)29-23-28-15-20(24(25,26)27)21(30-23)13-8-16-6-5-7-19(14-16)34(3,4)33/h5-7,9-12,14-15H,3,8,13H2,1-2,4H3,(H,28,29,30). The van der Waals surface area contributed by atoms with Crippen LogP contribution >= 0.6 is 0 Å². The summed E-state index contributed by atoms with van der Waals surface area (Å²) in [6.45, 7) is 0. The van der Waals surface area contributed by atoms with Crippen molar-refractivity contribution in [3.63, 3.8) is 0 Å². The fraction of sp³-hybridized carbons (Fsp3) is 0.250. The summed E-state index contributed by atoms with van der Waals surface area (Å²) in [6.07, 6.45) is -2.05. The van der Waals surface area contributed by atoms with Gasteiger partial charge in [0.15, 0.2) is 0 Å². The zero-order valence-corrected chi connectivity index (χ0v) is 19.8. The predicted molar refractivity (Wildman–Crippen MR) is 128 cm³/mol. The first-order valence-electron chi connectivity index (χ1n) is 10.3. The van der Waals surface area contributed by atoms with Gasteiger partial charge in [-0.25, -0.2) is 9.97 Å². The lowest BCUT2D eigenvalue weighted by molar-refractivity contribution is -0.138. The van der Waals surface area contributed by atoms with Gasteiger partial charge >= 0.3 is 6.18 Å². The summed E-state index contributed by atoms with van der Waals surface area (Å²) in [6, 6.07) is 13.3. The van der Waals surface area contributed by atoms with Gasteiger partial charge in [-0.05, 0) is 70.2 Å². The number of aryl methyl sites for hydroxylation is 2. The van der Waals surface area contributed by atoms with E-state index < -0.39 is 21.3 Å². The third-order valence-electron chi connectivity index (χ3n) is 5.01. The van der Waals surface area contributed by atoms with Crippen LogP contribution < -0.4 is 5.32 Å². The second-order valence-corrected chi connectivity index (χ2v) is 10.6. The number of halogens is 3. The largest absolute Gasteiger partial charge is 0.419 e. The van der Waals surface area contributed by atoms with Gasteiger partial charge in [-0.15, -0.1) is 0 Å². The zero-order chi connectivity index (χ0) is 25.1. The molecular formula is C24H25F3N4O2S. The Morgan fingerprint density at radius 3 is 2.38 bits per heavy atom. The van der Waals surface area contributed by atoms with Crippen LogP contribution in [0.3, 0.4) is 0 Å². The van der Waals surface area contributed by atoms with Gasteiger partial charge in [0.05, 0.1) is 11.3 Å². The van der Waals surface area contributed by atoms with Crippen molar-refractivity contribution in [3.05, 3.63) is 77.1 Å². The highest BCUT2D eigenvalue weighted by atomic mass is 32.2. The first kappa shape index (κ1) is 25.2. The Morgan fingerprint density at radius 2 is 1.79 bits per heavy atom. The Morgan fingerprint density at radius 1 is 1.12 bits per heavy atom. The minimum atomic E-state index is -4.60. The van der Waals surface area contributed by atoms with Crippen molar-refractivity contribution in [3.8, 4) is 0 Å². The molecule has 0 aliphatic rings. The summed E-state index contributed by atoms with van der Waals surface area (Å²) >= 11 is 0. The van der Waals surface area contributed by atoms with Crippen molar-refractivity contribution in [2.75, 3.05) is 25.7 Å². The average molecular weight is 491 g/mol. The topological polar surface area (TPSA) is 75.2 Å². The monoisotopic (exact) mass is 490 g/mol. The molecule has 1 heterocycles. The Kier molecular flexibility index (Phi) is 7.30. The number of carbonyl (C=O) groups is 1. The molecule has 1 N–H and O–H groups in total. The number of rotatable bonds is 7. The number of nitrogens with zero attached hydrogens (tertiary/aromatic N) is 3. The second-order valence-electron chi connectivity index (χ2n) is 8.11. The third-order valence-corrected chi connectivity index (χ3v) is 6.27. The SMILES string of the molecule is C=S(C)(=O)c1cccc(CCc2nc(Nc3ccc(C(=O)N(C)C)cc3)ncc2C(F)(F)F)c1. The molecular weight excluding hydrogens is 465 g/mol. The molecule has 1 amide bonds. The Labute approximate surface area is 196 Å². The highest BCUT2D eigenvalue weighted by Gasteiger charge is 2.34. The van der Waals surface area contributed by atoms with Gasteiger partial charge in [-0.2, -0.15) is 13.2 Å². The van der Waals surface area contributed by atoms with Gasteiger partial charge in [0.1, 0.15) is 0 Å². The van der Waals surface area contributed by atoms with Gasteiger partial charge < -0.3 is 10.2 Å². The van der Waals surface area contributed by atoms with Gasteiger partial charge in [0, 0.05) is 42.7 Å². The molecule has 0 aliphatic carbocycles. The van der Waals surface area contributed by atoms with Gasteiger partial charge in [-0.1, -0.05) is 12.1 Å². The molecule has 0 saturated heterocycles. The van der Waals surface area contributed by atoms with Crippen molar-refractivity contribution in [1.29, 1.82) is 0 Å². The molecule has 1 atom stereocenters. The van der Waals surface area contributed by atoms with Gasteiger partial charge in [-0.3, -0.25) is 9.00 Å². The molecule has 3 rings (SSSR count). The normalized spacial score (nSPS) is 13.2. The number of amides is 1. The van der Waals surface area contributed by atoms with Crippen LogP contribution in [0.15, 0.2) is 59.6 Å². The van der Waals surface area contributed by atoms with Crippen LogP contribution in [0.5, 0.6) is 0 Å². The molecule has 6 nitrogen and oxygen atoms in total. The molecule has 0 fully saturated rings. The van der Waals surface area contributed by atoms with E-state index in [0.717, 1.165) is 11.8 Å². The molecule has 3 aromatic rings. The minimum absolute atomic E-state index is 0.00776. The number of anilines is 2. The number of alkyl halides is 3. The number of nitrogens with one attached hydrogen (secondary N) is 1. The number of carbonyl (C=O) groups excluding carboxylic acids is 1. The maximum absolute atomic E-state index is 13.6. The lowest BCUT2D eigenvalue weighted by Gasteiger charge is -2.14. The maximum atomic E-state index is 13.6. The molecule has 0 aliphatic heterocycles. The van der Waals surface area contributed by atoms with Gasteiger partial charge in [0.2, 0.25) is 5.95 Å². The van der Waals surface area contributed by atoms with E-state index in [0.29, 0.717) is 16.1 Å². The third kappa shape index (κ3) is 6.34. The van der Waals surface area contributed by atoms with Crippen molar-refractivity contribution in [2.45, 2.75) is 23.9 Å². The van der Waals surface area contributed by atoms with Crippen LogP contribution in [0, 0.1) is 0 Å². The first-order valence-corrected chi connectivity index (χ1v) is 12.4. The minimum Gasteiger partial charge on any atom is -0.345 e. The number of benzene rings is 2. The van der Waals surface area contributed by atoms with E-state index in [2.05, 4.69) is 21.2 Å². The zero-order valence-electron chi connectivity index (χ0n) is 19.0. The molecule has 0 spiro atoms. The van der Waals surface area contributed by atoms with E-state index >= 15 is 0 Å². The van der Waals surface area contributed by atoms with Crippen LogP contribution in [0.2, 0.25) is 0 Å². The second kappa shape index (κ2) is 9.84. The summed E-state index contributed by atoms with van der Waals surface area (Å²) in [5.74, 6) is 3.50. The summed E-state index contributed by atoms with van der Waals surface area (Å²) < 4.78 is 52.9. The van der Waals surface area contributed by atoms with Crippen LogP contribution in [0.25, 0.3) is 0 Å². The molecule has 180 valence electrons. The molecule has 0 radical (unpaired) electrons. The number of hydrogen-bond acceptors (Lipinski definition) is 5. The van der Waals surface area contributed by atoms with E-state index in [1.807, 2.05) is 0 Å². The lowest BCUT2D eigenvalue weighted by Crippen LogP contribution is -2.21. The summed E-state index contributed by atoms with van der Waals surface area (Å²) in [7, 11) is 0.848. The molecule has 1 aromatic heterocycles. The van der Waals surface area contributed by atoms with Crippen LogP contribution in [-0.4, -0.2) is 51.2 Å². The van der Waals surface area contributed by atoms with Crippen molar-refractivity contribution in [2.24, 2.45) is 0 Å². The van der Waals surface area contributed by atoms with Crippen molar-refractivity contribution < 1.29 is 22.2 Å².